The number of ether oxygens (including phenoxy) is 2. The molecular formula is C11H16BrNO3. The van der Waals surface area contributed by atoms with Crippen LogP contribution >= 0.6 is 15.9 Å². The van der Waals surface area contributed by atoms with Gasteiger partial charge in [0, 0.05) is 22.8 Å². The Morgan fingerprint density at radius 2 is 2.31 bits per heavy atom. The summed E-state index contributed by atoms with van der Waals surface area (Å²) in [7, 11) is 0. The summed E-state index contributed by atoms with van der Waals surface area (Å²) >= 11 is 3.29. The number of rotatable bonds is 6. The minimum absolute atomic E-state index is 0.0843. The van der Waals surface area contributed by atoms with Crippen LogP contribution in [0.3, 0.4) is 0 Å². The topological polar surface area (TPSA) is 51.6 Å². The van der Waals surface area contributed by atoms with Gasteiger partial charge < -0.3 is 14.6 Å². The van der Waals surface area contributed by atoms with Crippen molar-refractivity contribution in [3.8, 4) is 5.88 Å². The van der Waals surface area contributed by atoms with E-state index in [2.05, 4.69) is 20.9 Å². The van der Waals surface area contributed by atoms with Gasteiger partial charge in [0.1, 0.15) is 6.10 Å². The van der Waals surface area contributed by atoms with Gasteiger partial charge in [-0.15, -0.1) is 0 Å². The third-order valence-corrected chi connectivity index (χ3v) is 2.37. The number of hydrogen-bond acceptors (Lipinski definition) is 4. The lowest BCUT2D eigenvalue weighted by Gasteiger charge is -2.15. The van der Waals surface area contributed by atoms with Gasteiger partial charge in [-0.2, -0.15) is 0 Å². The average Bonchev–Trinajstić information content (AvgIpc) is 2.28. The number of nitrogens with zero attached hydrogens (tertiary/aromatic N) is 1. The lowest BCUT2D eigenvalue weighted by atomic mass is 10.3. The molecule has 1 aromatic rings. The first-order valence-corrected chi connectivity index (χ1v) is 5.96. The SMILES string of the molecule is CCOCC(C)Oc1ncc(Br)cc1CO. The molecule has 1 unspecified atom stereocenters. The van der Waals surface area contributed by atoms with E-state index in [0.29, 0.717) is 24.7 Å². The zero-order chi connectivity index (χ0) is 12.0. The molecule has 0 aliphatic heterocycles. The van der Waals surface area contributed by atoms with E-state index < -0.39 is 0 Å². The summed E-state index contributed by atoms with van der Waals surface area (Å²) in [6.45, 7) is 4.92. The maximum Gasteiger partial charge on any atom is 0.219 e. The second kappa shape index (κ2) is 6.83. The van der Waals surface area contributed by atoms with Crippen LogP contribution in [0.5, 0.6) is 5.88 Å². The first kappa shape index (κ1) is 13.4. The van der Waals surface area contributed by atoms with Crippen LogP contribution in [-0.2, 0) is 11.3 Å². The number of aliphatic hydroxyl groups excluding tert-OH is 1. The minimum atomic E-state index is -0.0941. The van der Waals surface area contributed by atoms with Gasteiger partial charge >= 0.3 is 0 Å². The predicted molar refractivity (Wildman–Crippen MR) is 64.4 cm³/mol. The van der Waals surface area contributed by atoms with Crippen molar-refractivity contribution >= 4 is 15.9 Å². The van der Waals surface area contributed by atoms with E-state index in [-0.39, 0.29) is 12.7 Å². The van der Waals surface area contributed by atoms with Crippen LogP contribution in [0.1, 0.15) is 19.4 Å². The van der Waals surface area contributed by atoms with Crippen LogP contribution in [0.2, 0.25) is 0 Å². The molecule has 4 nitrogen and oxygen atoms in total. The highest BCUT2D eigenvalue weighted by molar-refractivity contribution is 9.10. The van der Waals surface area contributed by atoms with Gasteiger partial charge in [0.25, 0.3) is 0 Å². The fraction of sp³-hybridized carbons (Fsp3) is 0.545. The van der Waals surface area contributed by atoms with Gasteiger partial charge in [-0.05, 0) is 35.8 Å². The van der Waals surface area contributed by atoms with Gasteiger partial charge in [-0.25, -0.2) is 4.98 Å². The number of aliphatic hydroxyl groups is 1. The number of hydrogen-bond donors (Lipinski definition) is 1. The average molecular weight is 290 g/mol. The van der Waals surface area contributed by atoms with E-state index >= 15 is 0 Å². The van der Waals surface area contributed by atoms with Crippen molar-refractivity contribution in [3.05, 3.63) is 22.3 Å². The normalized spacial score (nSPS) is 12.5. The van der Waals surface area contributed by atoms with Crippen molar-refractivity contribution in [3.63, 3.8) is 0 Å². The van der Waals surface area contributed by atoms with Gasteiger partial charge in [-0.1, -0.05) is 0 Å². The minimum Gasteiger partial charge on any atom is -0.472 e. The Morgan fingerprint density at radius 1 is 1.56 bits per heavy atom. The molecular weight excluding hydrogens is 274 g/mol. The Morgan fingerprint density at radius 3 is 2.94 bits per heavy atom. The highest BCUT2D eigenvalue weighted by Gasteiger charge is 2.10. The first-order valence-electron chi connectivity index (χ1n) is 5.17. The summed E-state index contributed by atoms with van der Waals surface area (Å²) in [6, 6.07) is 1.79. The molecule has 1 aromatic heterocycles. The Kier molecular flexibility index (Phi) is 5.73. The molecule has 0 radical (unpaired) electrons. The van der Waals surface area contributed by atoms with Crippen molar-refractivity contribution in [1.29, 1.82) is 0 Å². The number of pyridine rings is 1. The smallest absolute Gasteiger partial charge is 0.219 e. The second-order valence-corrected chi connectivity index (χ2v) is 4.28. The Balaban J connectivity index is 2.65. The van der Waals surface area contributed by atoms with E-state index in [9.17, 15) is 0 Å². The van der Waals surface area contributed by atoms with Crippen LogP contribution in [0.4, 0.5) is 0 Å². The van der Waals surface area contributed by atoms with Crippen molar-refractivity contribution in [2.45, 2.75) is 26.6 Å². The summed E-state index contributed by atoms with van der Waals surface area (Å²) in [6.07, 6.45) is 1.56. The molecule has 1 rings (SSSR count). The van der Waals surface area contributed by atoms with E-state index in [4.69, 9.17) is 14.6 Å². The largest absolute Gasteiger partial charge is 0.472 e. The van der Waals surface area contributed by atoms with E-state index in [0.717, 1.165) is 4.47 Å². The summed E-state index contributed by atoms with van der Waals surface area (Å²) in [5, 5.41) is 9.16. The van der Waals surface area contributed by atoms with E-state index in [1.165, 1.54) is 0 Å². The standard InChI is InChI=1S/C11H16BrNO3/c1-3-15-7-8(2)16-11-9(6-14)4-10(12)5-13-11/h4-5,8,14H,3,6-7H2,1-2H3. The van der Waals surface area contributed by atoms with Crippen LogP contribution in [0, 0.1) is 0 Å². The number of halogens is 1. The van der Waals surface area contributed by atoms with Crippen LogP contribution in [-0.4, -0.2) is 29.4 Å². The van der Waals surface area contributed by atoms with Crippen LogP contribution < -0.4 is 4.74 Å². The molecule has 90 valence electrons. The molecule has 0 aliphatic rings. The maximum atomic E-state index is 9.16. The molecule has 5 heteroatoms. The lowest BCUT2D eigenvalue weighted by molar-refractivity contribution is 0.0620. The third-order valence-electron chi connectivity index (χ3n) is 1.93. The van der Waals surface area contributed by atoms with Gasteiger partial charge in [0.05, 0.1) is 13.2 Å². The monoisotopic (exact) mass is 289 g/mol. The molecule has 0 spiro atoms. The van der Waals surface area contributed by atoms with E-state index in [1.807, 2.05) is 13.8 Å². The summed E-state index contributed by atoms with van der Waals surface area (Å²) < 4.78 is 11.6. The fourth-order valence-electron chi connectivity index (χ4n) is 1.20. The molecule has 1 heterocycles. The Labute approximate surface area is 104 Å². The summed E-state index contributed by atoms with van der Waals surface area (Å²) in [5.74, 6) is 0.456. The highest BCUT2D eigenvalue weighted by Crippen LogP contribution is 2.20. The fourth-order valence-corrected chi connectivity index (χ4v) is 1.58. The highest BCUT2D eigenvalue weighted by atomic mass is 79.9. The second-order valence-electron chi connectivity index (χ2n) is 3.36. The van der Waals surface area contributed by atoms with Crippen LogP contribution in [0.15, 0.2) is 16.7 Å². The zero-order valence-corrected chi connectivity index (χ0v) is 11.0. The van der Waals surface area contributed by atoms with Crippen molar-refractivity contribution in [2.75, 3.05) is 13.2 Å². The molecule has 0 saturated heterocycles. The Hall–Kier alpha value is -0.650. The van der Waals surface area contributed by atoms with Gasteiger partial charge in [0.2, 0.25) is 5.88 Å². The predicted octanol–water partition coefficient (Wildman–Crippen LogP) is 2.14. The molecule has 1 atom stereocenters. The van der Waals surface area contributed by atoms with Crippen molar-refractivity contribution in [2.24, 2.45) is 0 Å². The first-order chi connectivity index (χ1) is 7.67. The molecule has 16 heavy (non-hydrogen) atoms. The van der Waals surface area contributed by atoms with Crippen molar-refractivity contribution in [1.82, 2.24) is 4.98 Å². The molecule has 0 aromatic carbocycles. The van der Waals surface area contributed by atoms with Crippen LogP contribution in [0.25, 0.3) is 0 Å². The van der Waals surface area contributed by atoms with Gasteiger partial charge in [0.15, 0.2) is 0 Å². The zero-order valence-electron chi connectivity index (χ0n) is 9.44. The summed E-state index contributed by atoms with van der Waals surface area (Å²) in [5.41, 5.74) is 0.665. The molecule has 0 bridgehead atoms. The lowest BCUT2D eigenvalue weighted by Crippen LogP contribution is -2.20. The molecule has 1 N–H and O–H groups in total. The molecule has 0 saturated carbocycles. The van der Waals surface area contributed by atoms with Gasteiger partial charge in [-0.3, -0.25) is 0 Å². The molecule has 0 amide bonds. The maximum absolute atomic E-state index is 9.16. The molecule has 0 fully saturated rings. The Bertz CT molecular complexity index is 333. The van der Waals surface area contributed by atoms with Crippen molar-refractivity contribution < 1.29 is 14.6 Å². The van der Waals surface area contributed by atoms with E-state index in [1.54, 1.807) is 12.3 Å². The quantitative estimate of drug-likeness (QED) is 0.872. The summed E-state index contributed by atoms with van der Waals surface area (Å²) in [4.78, 5) is 4.11. The number of aromatic nitrogens is 1. The third kappa shape index (κ3) is 4.08. The molecule has 0 aliphatic carbocycles.